The van der Waals surface area contributed by atoms with E-state index in [1.54, 1.807) is 13.4 Å². The molecule has 1 aromatic carbocycles. The number of carbonyl (C=O) groups is 1. The maximum atomic E-state index is 11.3. The molecule has 20 heavy (non-hydrogen) atoms. The molecule has 6 nitrogen and oxygen atoms in total. The number of hydrogen-bond donors (Lipinski definition) is 3. The van der Waals surface area contributed by atoms with Crippen LogP contribution in [0.4, 0.5) is 0 Å². The fourth-order valence-corrected chi connectivity index (χ4v) is 2.59. The standard InChI is InChI=1S/C14H15N3O3/c1-20-11-5-3-2-4-8(11)12-13-9(15-7-16-13)6-10(17-12)14(18)19/h2-5,7,10,12,17H,6H2,1H3,(H,15,16)(H,18,19)/t10-,12+/m0/s1. The third kappa shape index (κ3) is 2.04. The Morgan fingerprint density at radius 1 is 1.45 bits per heavy atom. The van der Waals surface area contributed by atoms with E-state index < -0.39 is 12.0 Å². The highest BCUT2D eigenvalue weighted by Crippen LogP contribution is 2.33. The summed E-state index contributed by atoms with van der Waals surface area (Å²) < 4.78 is 5.36. The van der Waals surface area contributed by atoms with Gasteiger partial charge in [-0.25, -0.2) is 4.98 Å². The number of carboxylic acid groups (broad SMARTS) is 1. The number of aromatic amines is 1. The third-order valence-electron chi connectivity index (χ3n) is 3.55. The Hall–Kier alpha value is -2.34. The normalized spacial score (nSPS) is 21.2. The zero-order valence-electron chi connectivity index (χ0n) is 11.0. The highest BCUT2D eigenvalue weighted by atomic mass is 16.5. The summed E-state index contributed by atoms with van der Waals surface area (Å²) >= 11 is 0. The van der Waals surface area contributed by atoms with Crippen LogP contribution in [0.25, 0.3) is 0 Å². The number of carboxylic acids is 1. The van der Waals surface area contributed by atoms with Crippen LogP contribution in [0.2, 0.25) is 0 Å². The van der Waals surface area contributed by atoms with E-state index in [2.05, 4.69) is 15.3 Å². The van der Waals surface area contributed by atoms with E-state index in [0.717, 1.165) is 17.0 Å². The average molecular weight is 273 g/mol. The van der Waals surface area contributed by atoms with Gasteiger partial charge in [0.05, 0.1) is 25.2 Å². The van der Waals surface area contributed by atoms with Crippen molar-refractivity contribution in [3.8, 4) is 5.75 Å². The molecule has 2 atom stereocenters. The van der Waals surface area contributed by atoms with Gasteiger partial charge in [0.15, 0.2) is 0 Å². The summed E-state index contributed by atoms with van der Waals surface area (Å²) in [6.07, 6.45) is 2.00. The van der Waals surface area contributed by atoms with Crippen molar-refractivity contribution in [2.45, 2.75) is 18.5 Å². The topological polar surface area (TPSA) is 87.2 Å². The van der Waals surface area contributed by atoms with Gasteiger partial charge in [0.1, 0.15) is 11.8 Å². The number of para-hydroxylation sites is 1. The lowest BCUT2D eigenvalue weighted by Crippen LogP contribution is -2.45. The van der Waals surface area contributed by atoms with Crippen molar-refractivity contribution in [3.05, 3.63) is 47.5 Å². The molecule has 0 fully saturated rings. The number of imidazole rings is 1. The number of hydrogen-bond acceptors (Lipinski definition) is 4. The molecular formula is C14H15N3O3. The molecule has 0 bridgehead atoms. The Labute approximate surface area is 115 Å². The van der Waals surface area contributed by atoms with E-state index >= 15 is 0 Å². The van der Waals surface area contributed by atoms with Gasteiger partial charge in [-0.3, -0.25) is 10.1 Å². The number of nitrogens with zero attached hydrogens (tertiary/aromatic N) is 1. The van der Waals surface area contributed by atoms with Crippen molar-refractivity contribution in [2.24, 2.45) is 0 Å². The number of benzene rings is 1. The average Bonchev–Trinajstić information content (AvgIpc) is 2.94. The smallest absolute Gasteiger partial charge is 0.321 e. The van der Waals surface area contributed by atoms with Gasteiger partial charge in [-0.2, -0.15) is 0 Å². The SMILES string of the molecule is COc1ccccc1[C@H]1N[C@H](C(=O)O)Cc2[nH]cnc21. The zero-order valence-corrected chi connectivity index (χ0v) is 11.0. The van der Waals surface area contributed by atoms with E-state index in [1.807, 2.05) is 24.3 Å². The molecule has 0 spiro atoms. The first kappa shape index (κ1) is 12.7. The lowest BCUT2D eigenvalue weighted by Gasteiger charge is -2.29. The van der Waals surface area contributed by atoms with Crippen molar-refractivity contribution in [2.75, 3.05) is 7.11 Å². The highest BCUT2D eigenvalue weighted by molar-refractivity contribution is 5.74. The summed E-state index contributed by atoms with van der Waals surface area (Å²) in [7, 11) is 1.60. The number of H-pyrrole nitrogens is 1. The summed E-state index contributed by atoms with van der Waals surface area (Å²) in [5, 5.41) is 12.4. The van der Waals surface area contributed by atoms with Crippen LogP contribution in [0.1, 0.15) is 23.0 Å². The summed E-state index contributed by atoms with van der Waals surface area (Å²) in [6, 6.07) is 6.62. The van der Waals surface area contributed by atoms with E-state index in [1.165, 1.54) is 0 Å². The summed E-state index contributed by atoms with van der Waals surface area (Å²) in [4.78, 5) is 18.6. The minimum Gasteiger partial charge on any atom is -0.496 e. The Morgan fingerprint density at radius 3 is 3.00 bits per heavy atom. The fraction of sp³-hybridized carbons (Fsp3) is 0.286. The molecule has 0 saturated carbocycles. The van der Waals surface area contributed by atoms with Gasteiger partial charge in [0.25, 0.3) is 0 Å². The minimum atomic E-state index is -0.870. The molecule has 0 radical (unpaired) electrons. The van der Waals surface area contributed by atoms with E-state index in [0.29, 0.717) is 12.2 Å². The Bertz CT molecular complexity index is 638. The molecule has 3 N–H and O–H groups in total. The number of fused-ring (bicyclic) bond motifs is 1. The molecular weight excluding hydrogens is 258 g/mol. The number of methoxy groups -OCH3 is 1. The van der Waals surface area contributed by atoms with E-state index in [4.69, 9.17) is 4.74 Å². The quantitative estimate of drug-likeness (QED) is 0.779. The second kappa shape index (κ2) is 4.97. The van der Waals surface area contributed by atoms with Crippen LogP contribution in [0, 0.1) is 0 Å². The van der Waals surface area contributed by atoms with Gasteiger partial charge in [-0.05, 0) is 6.07 Å². The molecule has 1 aromatic heterocycles. The molecule has 0 amide bonds. The number of nitrogens with one attached hydrogen (secondary N) is 2. The maximum Gasteiger partial charge on any atom is 0.321 e. The van der Waals surface area contributed by atoms with Crippen LogP contribution < -0.4 is 10.1 Å². The number of ether oxygens (including phenoxy) is 1. The lowest BCUT2D eigenvalue weighted by atomic mass is 9.93. The van der Waals surface area contributed by atoms with Gasteiger partial charge < -0.3 is 14.8 Å². The van der Waals surface area contributed by atoms with Crippen LogP contribution in [0.5, 0.6) is 5.75 Å². The molecule has 2 aromatic rings. The predicted molar refractivity (Wildman–Crippen MR) is 71.7 cm³/mol. The molecule has 6 heteroatoms. The first-order chi connectivity index (χ1) is 9.70. The van der Waals surface area contributed by atoms with Crippen LogP contribution in [0.15, 0.2) is 30.6 Å². The van der Waals surface area contributed by atoms with Crippen LogP contribution in [-0.2, 0) is 11.2 Å². The number of rotatable bonds is 3. The van der Waals surface area contributed by atoms with E-state index in [-0.39, 0.29) is 6.04 Å². The Kier molecular flexibility index (Phi) is 3.15. The summed E-state index contributed by atoms with van der Waals surface area (Å²) in [6.45, 7) is 0. The second-order valence-corrected chi connectivity index (χ2v) is 4.70. The zero-order chi connectivity index (χ0) is 14.1. The molecule has 1 aliphatic rings. The molecule has 3 rings (SSSR count). The van der Waals surface area contributed by atoms with Crippen molar-refractivity contribution < 1.29 is 14.6 Å². The predicted octanol–water partition coefficient (Wildman–Crippen LogP) is 1.11. The molecule has 0 saturated heterocycles. The lowest BCUT2D eigenvalue weighted by molar-refractivity contribution is -0.139. The van der Waals surface area contributed by atoms with Gasteiger partial charge in [-0.1, -0.05) is 18.2 Å². The number of aliphatic carboxylic acids is 1. The monoisotopic (exact) mass is 273 g/mol. The van der Waals surface area contributed by atoms with Gasteiger partial charge in [0, 0.05) is 17.7 Å². The van der Waals surface area contributed by atoms with Gasteiger partial charge in [-0.15, -0.1) is 0 Å². The van der Waals surface area contributed by atoms with Crippen LogP contribution >= 0.6 is 0 Å². The van der Waals surface area contributed by atoms with Gasteiger partial charge >= 0.3 is 5.97 Å². The largest absolute Gasteiger partial charge is 0.496 e. The first-order valence-corrected chi connectivity index (χ1v) is 6.34. The highest BCUT2D eigenvalue weighted by Gasteiger charge is 2.34. The molecule has 0 unspecified atom stereocenters. The van der Waals surface area contributed by atoms with E-state index in [9.17, 15) is 9.90 Å². The fourth-order valence-electron chi connectivity index (χ4n) is 2.59. The Balaban J connectivity index is 2.06. The first-order valence-electron chi connectivity index (χ1n) is 6.34. The maximum absolute atomic E-state index is 11.3. The minimum absolute atomic E-state index is 0.290. The molecule has 1 aliphatic heterocycles. The summed E-state index contributed by atoms with van der Waals surface area (Å²) in [5.74, 6) is -0.157. The van der Waals surface area contributed by atoms with Crippen molar-refractivity contribution >= 4 is 5.97 Å². The second-order valence-electron chi connectivity index (χ2n) is 4.70. The molecule has 104 valence electrons. The Morgan fingerprint density at radius 2 is 2.25 bits per heavy atom. The van der Waals surface area contributed by atoms with Crippen molar-refractivity contribution in [3.63, 3.8) is 0 Å². The molecule has 0 aliphatic carbocycles. The summed E-state index contributed by atoms with van der Waals surface area (Å²) in [5.41, 5.74) is 2.56. The van der Waals surface area contributed by atoms with Crippen LogP contribution in [0.3, 0.4) is 0 Å². The van der Waals surface area contributed by atoms with Gasteiger partial charge in [0.2, 0.25) is 0 Å². The number of aromatic nitrogens is 2. The third-order valence-corrected chi connectivity index (χ3v) is 3.55. The molecule has 2 heterocycles. The van der Waals surface area contributed by atoms with Crippen molar-refractivity contribution in [1.82, 2.24) is 15.3 Å². The van der Waals surface area contributed by atoms with Crippen LogP contribution in [-0.4, -0.2) is 34.2 Å². The van der Waals surface area contributed by atoms with Crippen molar-refractivity contribution in [1.29, 1.82) is 0 Å².